The Hall–Kier alpha value is -0.120. The topological polar surface area (TPSA) is 3.24 Å². The molecule has 1 saturated heterocycles. The number of rotatable bonds is 3. The van der Waals surface area contributed by atoms with Gasteiger partial charge in [0.2, 0.25) is 0 Å². The van der Waals surface area contributed by atoms with Crippen LogP contribution in [0.2, 0.25) is 5.02 Å². The standard InChI is InChI=1S/C13H16BrClFN/c14-8-10-4-6-17(7-5-10)9-11-2-1-3-12(15)13(11)16/h1-3,10H,4-9H2. The fourth-order valence-corrected chi connectivity index (χ4v) is 3.05. The number of halogens is 3. The molecule has 4 heteroatoms. The van der Waals surface area contributed by atoms with Crippen molar-refractivity contribution in [2.45, 2.75) is 19.4 Å². The van der Waals surface area contributed by atoms with E-state index >= 15 is 0 Å². The Kier molecular flexibility index (Phi) is 4.83. The number of hydrogen-bond donors (Lipinski definition) is 0. The molecular weight excluding hydrogens is 305 g/mol. The zero-order valence-corrected chi connectivity index (χ0v) is 12.0. The molecule has 2 rings (SSSR count). The Morgan fingerprint density at radius 2 is 2.06 bits per heavy atom. The minimum Gasteiger partial charge on any atom is -0.299 e. The lowest BCUT2D eigenvalue weighted by Crippen LogP contribution is -2.33. The second-order valence-electron chi connectivity index (χ2n) is 4.59. The number of hydrogen-bond acceptors (Lipinski definition) is 1. The Labute approximate surface area is 115 Å². The zero-order chi connectivity index (χ0) is 12.3. The molecule has 17 heavy (non-hydrogen) atoms. The summed E-state index contributed by atoms with van der Waals surface area (Å²) in [5.41, 5.74) is 0.704. The van der Waals surface area contributed by atoms with Crippen LogP contribution in [0.25, 0.3) is 0 Å². The van der Waals surface area contributed by atoms with Crippen LogP contribution in [0.4, 0.5) is 4.39 Å². The fraction of sp³-hybridized carbons (Fsp3) is 0.538. The Morgan fingerprint density at radius 1 is 1.35 bits per heavy atom. The van der Waals surface area contributed by atoms with Gasteiger partial charge in [0, 0.05) is 17.4 Å². The first kappa shape index (κ1) is 13.3. The fourth-order valence-electron chi connectivity index (χ4n) is 2.21. The molecular formula is C13H16BrClFN. The number of alkyl halides is 1. The maximum absolute atomic E-state index is 13.7. The number of likely N-dealkylation sites (tertiary alicyclic amines) is 1. The summed E-state index contributed by atoms with van der Waals surface area (Å²) >= 11 is 9.30. The van der Waals surface area contributed by atoms with E-state index in [1.807, 2.05) is 12.1 Å². The van der Waals surface area contributed by atoms with Crippen LogP contribution < -0.4 is 0 Å². The molecule has 1 fully saturated rings. The van der Waals surface area contributed by atoms with Gasteiger partial charge in [0.05, 0.1) is 5.02 Å². The minimum absolute atomic E-state index is 0.220. The van der Waals surface area contributed by atoms with E-state index in [2.05, 4.69) is 20.8 Å². The van der Waals surface area contributed by atoms with Crippen molar-refractivity contribution in [2.75, 3.05) is 18.4 Å². The summed E-state index contributed by atoms with van der Waals surface area (Å²) in [6.45, 7) is 2.76. The third-order valence-corrected chi connectivity index (χ3v) is 4.56. The van der Waals surface area contributed by atoms with E-state index in [9.17, 15) is 4.39 Å². The molecule has 94 valence electrons. The lowest BCUT2D eigenvalue weighted by molar-refractivity contribution is 0.185. The predicted molar refractivity (Wildman–Crippen MR) is 73.2 cm³/mol. The number of nitrogens with zero attached hydrogens (tertiary/aromatic N) is 1. The third-order valence-electron chi connectivity index (χ3n) is 3.35. The molecule has 0 bridgehead atoms. The van der Waals surface area contributed by atoms with E-state index in [1.54, 1.807) is 6.07 Å². The first-order chi connectivity index (χ1) is 8.20. The van der Waals surface area contributed by atoms with Gasteiger partial charge in [-0.05, 0) is 37.9 Å². The molecule has 0 aromatic heterocycles. The van der Waals surface area contributed by atoms with Crippen LogP contribution in [-0.2, 0) is 6.54 Å². The molecule has 0 saturated carbocycles. The molecule has 1 aliphatic heterocycles. The van der Waals surface area contributed by atoms with Gasteiger partial charge in [0.1, 0.15) is 5.82 Å². The summed E-state index contributed by atoms with van der Waals surface area (Å²) in [7, 11) is 0. The van der Waals surface area contributed by atoms with E-state index in [1.165, 1.54) is 12.8 Å². The normalized spacial score (nSPS) is 18.5. The third kappa shape index (κ3) is 3.43. The van der Waals surface area contributed by atoms with Crippen molar-refractivity contribution in [3.8, 4) is 0 Å². The second kappa shape index (κ2) is 6.17. The van der Waals surface area contributed by atoms with Gasteiger partial charge in [-0.1, -0.05) is 39.7 Å². The van der Waals surface area contributed by atoms with Crippen molar-refractivity contribution in [3.05, 3.63) is 34.6 Å². The van der Waals surface area contributed by atoms with E-state index in [4.69, 9.17) is 11.6 Å². The van der Waals surface area contributed by atoms with Crippen LogP contribution in [-0.4, -0.2) is 23.3 Å². The zero-order valence-electron chi connectivity index (χ0n) is 9.63. The maximum Gasteiger partial charge on any atom is 0.146 e. The molecule has 0 N–H and O–H groups in total. The second-order valence-corrected chi connectivity index (χ2v) is 5.64. The van der Waals surface area contributed by atoms with Gasteiger partial charge in [-0.15, -0.1) is 0 Å². The Bertz CT molecular complexity index is 378. The summed E-state index contributed by atoms with van der Waals surface area (Å²) < 4.78 is 13.7. The molecule has 1 heterocycles. The van der Waals surface area contributed by atoms with Crippen LogP contribution in [0.5, 0.6) is 0 Å². The van der Waals surface area contributed by atoms with Crippen molar-refractivity contribution >= 4 is 27.5 Å². The molecule has 1 aromatic carbocycles. The molecule has 1 nitrogen and oxygen atoms in total. The van der Waals surface area contributed by atoms with Crippen molar-refractivity contribution < 1.29 is 4.39 Å². The first-order valence-electron chi connectivity index (χ1n) is 5.92. The van der Waals surface area contributed by atoms with Crippen LogP contribution in [0, 0.1) is 11.7 Å². The Morgan fingerprint density at radius 3 is 2.71 bits per heavy atom. The lowest BCUT2D eigenvalue weighted by Gasteiger charge is -2.31. The van der Waals surface area contributed by atoms with Gasteiger partial charge in [0.15, 0.2) is 0 Å². The van der Waals surface area contributed by atoms with E-state index in [0.29, 0.717) is 12.1 Å². The molecule has 0 atom stereocenters. The van der Waals surface area contributed by atoms with Crippen LogP contribution >= 0.6 is 27.5 Å². The summed E-state index contributed by atoms with van der Waals surface area (Å²) in [5.74, 6) is 0.507. The quantitative estimate of drug-likeness (QED) is 0.758. The average Bonchev–Trinajstić information content (AvgIpc) is 2.36. The highest BCUT2D eigenvalue weighted by Crippen LogP contribution is 2.23. The van der Waals surface area contributed by atoms with Gasteiger partial charge in [-0.25, -0.2) is 4.39 Å². The summed E-state index contributed by atoms with van der Waals surface area (Å²) in [4.78, 5) is 2.30. The monoisotopic (exact) mass is 319 g/mol. The van der Waals surface area contributed by atoms with Gasteiger partial charge in [0.25, 0.3) is 0 Å². The van der Waals surface area contributed by atoms with Gasteiger partial charge in [-0.3, -0.25) is 4.90 Å². The number of benzene rings is 1. The lowest BCUT2D eigenvalue weighted by atomic mass is 9.99. The Balaban J connectivity index is 1.95. The largest absolute Gasteiger partial charge is 0.299 e. The smallest absolute Gasteiger partial charge is 0.146 e. The van der Waals surface area contributed by atoms with Crippen molar-refractivity contribution in [2.24, 2.45) is 5.92 Å². The highest BCUT2D eigenvalue weighted by Gasteiger charge is 2.19. The van der Waals surface area contributed by atoms with E-state index in [0.717, 1.165) is 24.3 Å². The molecule has 0 amide bonds. The SMILES string of the molecule is Fc1c(Cl)cccc1CN1CCC(CBr)CC1. The van der Waals surface area contributed by atoms with Gasteiger partial charge >= 0.3 is 0 Å². The molecule has 1 aliphatic rings. The predicted octanol–water partition coefficient (Wildman–Crippen LogP) is 4.09. The van der Waals surface area contributed by atoms with E-state index < -0.39 is 0 Å². The van der Waals surface area contributed by atoms with Crippen LogP contribution in [0.15, 0.2) is 18.2 Å². The van der Waals surface area contributed by atoms with Crippen LogP contribution in [0.3, 0.4) is 0 Å². The molecule has 0 unspecified atom stereocenters. The molecule has 0 spiro atoms. The van der Waals surface area contributed by atoms with Crippen molar-refractivity contribution in [3.63, 3.8) is 0 Å². The first-order valence-corrected chi connectivity index (χ1v) is 7.42. The number of piperidine rings is 1. The molecule has 0 radical (unpaired) electrons. The van der Waals surface area contributed by atoms with Crippen molar-refractivity contribution in [1.82, 2.24) is 4.90 Å². The summed E-state index contributed by atoms with van der Waals surface area (Å²) in [6.07, 6.45) is 2.38. The van der Waals surface area contributed by atoms with E-state index in [-0.39, 0.29) is 10.8 Å². The molecule has 0 aliphatic carbocycles. The summed E-state index contributed by atoms with van der Waals surface area (Å²) in [5, 5.41) is 1.30. The van der Waals surface area contributed by atoms with Crippen LogP contribution in [0.1, 0.15) is 18.4 Å². The van der Waals surface area contributed by atoms with Gasteiger partial charge < -0.3 is 0 Å². The molecule has 1 aromatic rings. The maximum atomic E-state index is 13.7. The highest BCUT2D eigenvalue weighted by molar-refractivity contribution is 9.09. The minimum atomic E-state index is -0.267. The van der Waals surface area contributed by atoms with Gasteiger partial charge in [-0.2, -0.15) is 0 Å². The highest BCUT2D eigenvalue weighted by atomic mass is 79.9. The average molecular weight is 321 g/mol. The van der Waals surface area contributed by atoms with Crippen molar-refractivity contribution in [1.29, 1.82) is 0 Å². The summed E-state index contributed by atoms with van der Waals surface area (Å²) in [6, 6.07) is 5.22.